The zero-order valence-electron chi connectivity index (χ0n) is 17.5. The van der Waals surface area contributed by atoms with Crippen LogP contribution >= 0.6 is 0 Å². The van der Waals surface area contributed by atoms with Gasteiger partial charge in [0.1, 0.15) is 23.2 Å². The number of esters is 1. The highest BCUT2D eigenvalue weighted by Crippen LogP contribution is 2.23. The van der Waals surface area contributed by atoms with Crippen LogP contribution in [0.4, 0.5) is 5.82 Å². The number of anilines is 1. The fraction of sp³-hybridized carbons (Fsp3) is 0.217. The molecule has 3 rings (SSSR count). The van der Waals surface area contributed by atoms with Crippen LogP contribution in [0.5, 0.6) is 0 Å². The second kappa shape index (κ2) is 10.2. The Morgan fingerprint density at radius 1 is 1.32 bits per heavy atom. The molecule has 0 saturated heterocycles. The Morgan fingerprint density at radius 2 is 2.16 bits per heavy atom. The van der Waals surface area contributed by atoms with Gasteiger partial charge in [0.2, 0.25) is 0 Å². The molecule has 158 valence electrons. The predicted octanol–water partition coefficient (Wildman–Crippen LogP) is 4.29. The molecular formula is C23H22N4O4. The summed E-state index contributed by atoms with van der Waals surface area (Å²) in [5, 5.41) is 13.6. The summed E-state index contributed by atoms with van der Waals surface area (Å²) < 4.78 is 16.0. The maximum atomic E-state index is 11.9. The molecular weight excluding hydrogens is 396 g/mol. The van der Waals surface area contributed by atoms with Crippen molar-refractivity contribution in [2.75, 3.05) is 19.1 Å². The molecule has 0 fully saturated rings. The predicted molar refractivity (Wildman–Crippen MR) is 116 cm³/mol. The largest absolute Gasteiger partial charge is 0.462 e. The van der Waals surface area contributed by atoms with Gasteiger partial charge in [0.15, 0.2) is 5.82 Å². The number of carbonyl (C=O) groups excluding carboxylic acids is 1. The van der Waals surface area contributed by atoms with Crippen molar-refractivity contribution in [1.82, 2.24) is 4.98 Å². The van der Waals surface area contributed by atoms with E-state index in [2.05, 4.69) is 21.6 Å². The van der Waals surface area contributed by atoms with E-state index in [1.165, 1.54) is 6.21 Å². The second-order valence-corrected chi connectivity index (χ2v) is 6.56. The number of hydrogen-bond donors (Lipinski definition) is 1. The standard InChI is InChI=1S/C23H22N4O4/c1-4-30-23(28)17-7-5-6-16(11-17)21-9-8-19(31-21)13-25-27-22-20(12-24)18(14-29-3)10-15(2)26-22/h5-11,13H,4,14H2,1-3H3,(H,26,27)/b25-13-. The topological polar surface area (TPSA) is 110 Å². The first-order valence-electron chi connectivity index (χ1n) is 9.61. The van der Waals surface area contributed by atoms with Crippen LogP contribution in [-0.2, 0) is 16.1 Å². The zero-order chi connectivity index (χ0) is 22.2. The van der Waals surface area contributed by atoms with Crippen molar-refractivity contribution in [3.8, 4) is 17.4 Å². The average Bonchev–Trinajstić information content (AvgIpc) is 3.23. The van der Waals surface area contributed by atoms with E-state index in [1.807, 2.05) is 13.0 Å². The summed E-state index contributed by atoms with van der Waals surface area (Å²) in [6.07, 6.45) is 1.49. The number of ether oxygens (including phenoxy) is 2. The van der Waals surface area contributed by atoms with Crippen molar-refractivity contribution in [3.05, 3.63) is 70.6 Å². The number of rotatable bonds is 8. The van der Waals surface area contributed by atoms with Crippen LogP contribution in [0.1, 0.15) is 39.9 Å². The Labute approximate surface area is 180 Å². The van der Waals surface area contributed by atoms with Crippen molar-refractivity contribution < 1.29 is 18.7 Å². The van der Waals surface area contributed by atoms with E-state index >= 15 is 0 Å². The number of aromatic nitrogens is 1. The quantitative estimate of drug-likeness (QED) is 0.330. The number of hydrazone groups is 1. The number of benzene rings is 1. The van der Waals surface area contributed by atoms with Crippen molar-refractivity contribution >= 4 is 18.0 Å². The van der Waals surface area contributed by atoms with Crippen LogP contribution in [0.3, 0.4) is 0 Å². The normalized spacial score (nSPS) is 10.8. The molecule has 1 N–H and O–H groups in total. The van der Waals surface area contributed by atoms with E-state index in [4.69, 9.17) is 13.9 Å². The highest BCUT2D eigenvalue weighted by Gasteiger charge is 2.12. The number of nitrogens with zero attached hydrogens (tertiary/aromatic N) is 3. The molecule has 0 aliphatic carbocycles. The third kappa shape index (κ3) is 5.35. The molecule has 0 atom stereocenters. The lowest BCUT2D eigenvalue weighted by Gasteiger charge is -2.08. The highest BCUT2D eigenvalue weighted by atomic mass is 16.5. The SMILES string of the molecule is CCOC(=O)c1cccc(-c2ccc(/C=N\Nc3nc(C)cc(COC)c3C#N)o2)c1. The molecule has 0 amide bonds. The molecule has 3 aromatic rings. The number of aryl methyl sites for hydroxylation is 1. The molecule has 0 spiro atoms. The minimum absolute atomic E-state index is 0.303. The lowest BCUT2D eigenvalue weighted by atomic mass is 10.1. The summed E-state index contributed by atoms with van der Waals surface area (Å²) in [7, 11) is 1.57. The van der Waals surface area contributed by atoms with Gasteiger partial charge in [-0.1, -0.05) is 12.1 Å². The molecule has 1 aromatic carbocycles. The number of furan rings is 1. The van der Waals surface area contributed by atoms with Crippen molar-refractivity contribution in [2.24, 2.45) is 5.10 Å². The summed E-state index contributed by atoms with van der Waals surface area (Å²) >= 11 is 0. The summed E-state index contributed by atoms with van der Waals surface area (Å²) in [6, 6.07) is 14.5. The first kappa shape index (κ1) is 21.7. The monoisotopic (exact) mass is 418 g/mol. The van der Waals surface area contributed by atoms with Crippen molar-refractivity contribution in [1.29, 1.82) is 5.26 Å². The van der Waals surface area contributed by atoms with Gasteiger partial charge < -0.3 is 13.9 Å². The molecule has 8 heteroatoms. The van der Waals surface area contributed by atoms with Gasteiger partial charge in [0, 0.05) is 23.9 Å². The number of pyridine rings is 1. The molecule has 0 saturated carbocycles. The van der Waals surface area contributed by atoms with Crippen molar-refractivity contribution in [2.45, 2.75) is 20.5 Å². The van der Waals surface area contributed by atoms with Crippen LogP contribution in [0.15, 0.2) is 52.0 Å². The summed E-state index contributed by atoms with van der Waals surface area (Å²) in [6.45, 7) is 4.21. The molecule has 0 unspecified atom stereocenters. The number of nitriles is 1. The lowest BCUT2D eigenvalue weighted by molar-refractivity contribution is 0.0526. The zero-order valence-corrected chi connectivity index (χ0v) is 17.5. The van der Waals surface area contributed by atoms with E-state index in [9.17, 15) is 10.1 Å². The Hall–Kier alpha value is -3.96. The molecule has 8 nitrogen and oxygen atoms in total. The van der Waals surface area contributed by atoms with Crippen LogP contribution in [0.25, 0.3) is 11.3 Å². The first-order chi connectivity index (χ1) is 15.0. The molecule has 0 bridgehead atoms. The van der Waals surface area contributed by atoms with Gasteiger partial charge in [-0.05, 0) is 44.2 Å². The summed E-state index contributed by atoms with van der Waals surface area (Å²) in [4.78, 5) is 16.3. The minimum atomic E-state index is -0.381. The van der Waals surface area contributed by atoms with Crippen LogP contribution in [0, 0.1) is 18.3 Å². The maximum Gasteiger partial charge on any atom is 0.338 e. The first-order valence-corrected chi connectivity index (χ1v) is 9.61. The van der Waals surface area contributed by atoms with E-state index in [1.54, 1.807) is 50.4 Å². The third-order valence-corrected chi connectivity index (χ3v) is 4.29. The van der Waals surface area contributed by atoms with Gasteiger partial charge in [0.25, 0.3) is 0 Å². The van der Waals surface area contributed by atoms with Gasteiger partial charge in [-0.15, -0.1) is 0 Å². The molecule has 2 aromatic heterocycles. The van der Waals surface area contributed by atoms with E-state index < -0.39 is 0 Å². The van der Waals surface area contributed by atoms with Crippen LogP contribution in [0.2, 0.25) is 0 Å². The van der Waals surface area contributed by atoms with Gasteiger partial charge in [-0.2, -0.15) is 10.4 Å². The Balaban J connectivity index is 1.76. The van der Waals surface area contributed by atoms with Crippen molar-refractivity contribution in [3.63, 3.8) is 0 Å². The fourth-order valence-electron chi connectivity index (χ4n) is 2.96. The number of carbonyl (C=O) groups is 1. The minimum Gasteiger partial charge on any atom is -0.462 e. The fourth-order valence-corrected chi connectivity index (χ4v) is 2.96. The van der Waals surface area contributed by atoms with Gasteiger partial charge in [-0.25, -0.2) is 9.78 Å². The van der Waals surface area contributed by atoms with E-state index in [0.29, 0.717) is 41.7 Å². The lowest BCUT2D eigenvalue weighted by Crippen LogP contribution is -2.04. The van der Waals surface area contributed by atoms with Gasteiger partial charge >= 0.3 is 5.97 Å². The molecule has 0 radical (unpaired) electrons. The van der Waals surface area contributed by atoms with Crippen LogP contribution in [-0.4, -0.2) is 30.9 Å². The highest BCUT2D eigenvalue weighted by molar-refractivity contribution is 5.91. The van der Waals surface area contributed by atoms with E-state index in [-0.39, 0.29) is 5.97 Å². The second-order valence-electron chi connectivity index (χ2n) is 6.56. The summed E-state index contributed by atoms with van der Waals surface area (Å²) in [5.74, 6) is 1.04. The number of hydrogen-bond acceptors (Lipinski definition) is 8. The average molecular weight is 418 g/mol. The molecule has 0 aliphatic rings. The van der Waals surface area contributed by atoms with Crippen LogP contribution < -0.4 is 5.43 Å². The van der Waals surface area contributed by atoms with Gasteiger partial charge in [-0.3, -0.25) is 5.43 Å². The molecule has 0 aliphatic heterocycles. The number of nitrogens with one attached hydrogen (secondary N) is 1. The maximum absolute atomic E-state index is 11.9. The summed E-state index contributed by atoms with van der Waals surface area (Å²) in [5.41, 5.74) is 5.85. The Bertz CT molecular complexity index is 1140. The Kier molecular flexibility index (Phi) is 7.14. The third-order valence-electron chi connectivity index (χ3n) is 4.29. The van der Waals surface area contributed by atoms with Gasteiger partial charge in [0.05, 0.1) is 25.0 Å². The molecule has 31 heavy (non-hydrogen) atoms. The Morgan fingerprint density at radius 3 is 2.90 bits per heavy atom. The smallest absolute Gasteiger partial charge is 0.338 e. The number of methoxy groups -OCH3 is 1. The van der Waals surface area contributed by atoms with E-state index in [0.717, 1.165) is 16.8 Å². The molecule has 2 heterocycles.